The molecule has 1 N–H and O–H groups in total. The molecule has 3 rings (SSSR count). The predicted octanol–water partition coefficient (Wildman–Crippen LogP) is -1.59. The number of nitrogens with zero attached hydrogens (tertiary/aromatic N) is 3. The summed E-state index contributed by atoms with van der Waals surface area (Å²) in [6.07, 6.45) is 1.32. The average molecular weight is 322 g/mol. The number of piperazine rings is 2. The first-order chi connectivity index (χ1) is 11.0. The van der Waals surface area contributed by atoms with Crippen molar-refractivity contribution in [2.24, 2.45) is 5.92 Å². The van der Waals surface area contributed by atoms with Gasteiger partial charge < -0.3 is 20.0 Å². The fourth-order valence-corrected chi connectivity index (χ4v) is 3.59. The van der Waals surface area contributed by atoms with Crippen LogP contribution in [-0.2, 0) is 19.2 Å². The molecule has 0 saturated carbocycles. The second-order valence-electron chi connectivity index (χ2n) is 6.39. The molecule has 3 fully saturated rings. The largest absolute Gasteiger partial charge is 0.345 e. The Morgan fingerprint density at radius 1 is 1.04 bits per heavy atom. The van der Waals surface area contributed by atoms with Gasteiger partial charge in [0.25, 0.3) is 0 Å². The Morgan fingerprint density at radius 2 is 1.74 bits per heavy atom. The molecule has 8 heteroatoms. The van der Waals surface area contributed by atoms with E-state index in [0.29, 0.717) is 39.0 Å². The van der Waals surface area contributed by atoms with E-state index in [9.17, 15) is 19.2 Å². The predicted molar refractivity (Wildman–Crippen MR) is 80.1 cm³/mol. The van der Waals surface area contributed by atoms with Gasteiger partial charge in [-0.15, -0.1) is 0 Å². The van der Waals surface area contributed by atoms with Crippen LogP contribution in [0.2, 0.25) is 0 Å². The van der Waals surface area contributed by atoms with Crippen LogP contribution < -0.4 is 5.32 Å². The highest BCUT2D eigenvalue weighted by atomic mass is 16.2. The molecule has 8 nitrogen and oxygen atoms in total. The number of fused-ring (bicyclic) bond motifs is 1. The van der Waals surface area contributed by atoms with Gasteiger partial charge in [0, 0.05) is 39.0 Å². The Balaban J connectivity index is 1.60. The number of piperidine rings is 1. The van der Waals surface area contributed by atoms with Gasteiger partial charge in [-0.3, -0.25) is 19.2 Å². The summed E-state index contributed by atoms with van der Waals surface area (Å²) in [4.78, 5) is 52.8. The van der Waals surface area contributed by atoms with Crippen molar-refractivity contribution in [3.63, 3.8) is 0 Å². The number of rotatable bonds is 1. The van der Waals surface area contributed by atoms with Crippen molar-refractivity contribution >= 4 is 23.6 Å². The summed E-state index contributed by atoms with van der Waals surface area (Å²) in [7, 11) is 0. The molecule has 0 bridgehead atoms. The van der Waals surface area contributed by atoms with Gasteiger partial charge in [-0.25, -0.2) is 0 Å². The van der Waals surface area contributed by atoms with Crippen molar-refractivity contribution in [1.82, 2.24) is 20.0 Å². The second-order valence-corrected chi connectivity index (χ2v) is 6.39. The lowest BCUT2D eigenvalue weighted by Gasteiger charge is -2.44. The molecule has 0 aromatic carbocycles. The monoisotopic (exact) mass is 322 g/mol. The number of amides is 4. The van der Waals surface area contributed by atoms with E-state index in [1.54, 1.807) is 21.6 Å². The number of hydrogen-bond donors (Lipinski definition) is 1. The zero-order valence-electron chi connectivity index (χ0n) is 13.3. The van der Waals surface area contributed by atoms with E-state index in [4.69, 9.17) is 0 Å². The molecule has 0 aromatic heterocycles. The van der Waals surface area contributed by atoms with Crippen molar-refractivity contribution in [3.05, 3.63) is 0 Å². The van der Waals surface area contributed by atoms with E-state index in [2.05, 4.69) is 5.32 Å². The molecular formula is C15H22N4O4. The minimum atomic E-state index is -0.564. The molecule has 126 valence electrons. The Labute approximate surface area is 134 Å². The third-order valence-corrected chi connectivity index (χ3v) is 5.02. The molecular weight excluding hydrogens is 300 g/mol. The van der Waals surface area contributed by atoms with Gasteiger partial charge in [-0.2, -0.15) is 0 Å². The Bertz CT molecular complexity index is 542. The lowest BCUT2D eigenvalue weighted by molar-refractivity contribution is -0.154. The minimum absolute atomic E-state index is 0.0404. The quantitative estimate of drug-likeness (QED) is 0.630. The highest BCUT2D eigenvalue weighted by molar-refractivity contribution is 5.95. The van der Waals surface area contributed by atoms with Gasteiger partial charge in [0.1, 0.15) is 6.04 Å². The second kappa shape index (κ2) is 6.17. The van der Waals surface area contributed by atoms with E-state index in [-0.39, 0.29) is 42.6 Å². The summed E-state index contributed by atoms with van der Waals surface area (Å²) in [6, 6.07) is -0.564. The Hall–Kier alpha value is -2.12. The van der Waals surface area contributed by atoms with Gasteiger partial charge in [0.2, 0.25) is 23.6 Å². The molecule has 0 unspecified atom stereocenters. The lowest BCUT2D eigenvalue weighted by atomic mass is 9.94. The first-order valence-electron chi connectivity index (χ1n) is 8.09. The molecule has 0 radical (unpaired) electrons. The van der Waals surface area contributed by atoms with E-state index >= 15 is 0 Å². The third kappa shape index (κ3) is 3.02. The smallest absolute Gasteiger partial charge is 0.245 e. The molecule has 4 amide bonds. The molecule has 0 aromatic rings. The Morgan fingerprint density at radius 3 is 2.39 bits per heavy atom. The summed E-state index contributed by atoms with van der Waals surface area (Å²) in [5.41, 5.74) is 0. The van der Waals surface area contributed by atoms with Gasteiger partial charge in [-0.1, -0.05) is 0 Å². The maximum atomic E-state index is 12.7. The van der Waals surface area contributed by atoms with Crippen molar-refractivity contribution in [3.8, 4) is 0 Å². The van der Waals surface area contributed by atoms with E-state index in [1.807, 2.05) is 0 Å². The summed E-state index contributed by atoms with van der Waals surface area (Å²) < 4.78 is 0. The van der Waals surface area contributed by atoms with Crippen LogP contribution in [0.4, 0.5) is 0 Å². The maximum absolute atomic E-state index is 12.7. The van der Waals surface area contributed by atoms with Crippen molar-refractivity contribution in [2.45, 2.75) is 25.8 Å². The highest BCUT2D eigenvalue weighted by Gasteiger charge is 2.41. The number of nitrogens with one attached hydrogen (secondary N) is 1. The zero-order valence-corrected chi connectivity index (χ0v) is 13.3. The topological polar surface area (TPSA) is 90.0 Å². The van der Waals surface area contributed by atoms with Crippen LogP contribution >= 0.6 is 0 Å². The van der Waals surface area contributed by atoms with Crippen LogP contribution in [0, 0.1) is 5.92 Å². The summed E-state index contributed by atoms with van der Waals surface area (Å²) >= 11 is 0. The van der Waals surface area contributed by atoms with Crippen molar-refractivity contribution in [2.75, 3.05) is 39.3 Å². The molecule has 0 aliphatic carbocycles. The SMILES string of the molecule is CC(=O)N1CCC(C(=O)N2CCN3C(=O)CNC(=O)[C@H]3C2)CC1. The number of likely N-dealkylation sites (tertiary alicyclic amines) is 1. The van der Waals surface area contributed by atoms with Crippen LogP contribution in [0.5, 0.6) is 0 Å². The van der Waals surface area contributed by atoms with Crippen LogP contribution in [0.25, 0.3) is 0 Å². The zero-order chi connectivity index (χ0) is 16.6. The average Bonchev–Trinajstić information content (AvgIpc) is 2.57. The summed E-state index contributed by atoms with van der Waals surface area (Å²) in [5.74, 6) is -0.287. The molecule has 3 heterocycles. The minimum Gasteiger partial charge on any atom is -0.345 e. The molecule has 1 atom stereocenters. The number of carbonyl (C=O) groups excluding carboxylic acids is 4. The van der Waals surface area contributed by atoms with Crippen LogP contribution in [-0.4, -0.2) is 83.6 Å². The summed E-state index contributed by atoms with van der Waals surface area (Å²) in [5, 5.41) is 2.58. The van der Waals surface area contributed by atoms with Gasteiger partial charge in [-0.05, 0) is 12.8 Å². The van der Waals surface area contributed by atoms with Crippen molar-refractivity contribution in [1.29, 1.82) is 0 Å². The third-order valence-electron chi connectivity index (χ3n) is 5.02. The normalized spacial score (nSPS) is 26.0. The molecule has 3 aliphatic rings. The lowest BCUT2D eigenvalue weighted by Crippen LogP contribution is -2.67. The Kier molecular flexibility index (Phi) is 4.23. The number of carbonyl (C=O) groups is 4. The van der Waals surface area contributed by atoms with Gasteiger partial charge in [0.05, 0.1) is 13.1 Å². The van der Waals surface area contributed by atoms with Gasteiger partial charge >= 0.3 is 0 Å². The first-order valence-corrected chi connectivity index (χ1v) is 8.09. The molecule has 0 spiro atoms. The summed E-state index contributed by atoms with van der Waals surface area (Å²) in [6.45, 7) is 3.95. The van der Waals surface area contributed by atoms with Crippen molar-refractivity contribution < 1.29 is 19.2 Å². The standard InChI is InChI=1S/C15H22N4O4/c1-10(20)17-4-2-11(3-5-17)15(23)18-6-7-19-12(9-18)14(22)16-8-13(19)21/h11-12H,2-9H2,1H3,(H,16,22)/t12-/m1/s1. The maximum Gasteiger partial charge on any atom is 0.245 e. The van der Waals surface area contributed by atoms with Crippen LogP contribution in [0.1, 0.15) is 19.8 Å². The molecule has 3 saturated heterocycles. The van der Waals surface area contributed by atoms with Gasteiger partial charge in [0.15, 0.2) is 0 Å². The highest BCUT2D eigenvalue weighted by Crippen LogP contribution is 2.22. The van der Waals surface area contributed by atoms with E-state index in [1.165, 1.54) is 0 Å². The van der Waals surface area contributed by atoms with Crippen LogP contribution in [0.15, 0.2) is 0 Å². The van der Waals surface area contributed by atoms with E-state index in [0.717, 1.165) is 0 Å². The molecule has 23 heavy (non-hydrogen) atoms. The molecule has 3 aliphatic heterocycles. The fourth-order valence-electron chi connectivity index (χ4n) is 3.59. The van der Waals surface area contributed by atoms with E-state index < -0.39 is 6.04 Å². The van der Waals surface area contributed by atoms with Crippen LogP contribution in [0.3, 0.4) is 0 Å². The first kappa shape index (κ1) is 15.8. The fraction of sp³-hybridized carbons (Fsp3) is 0.733. The number of hydrogen-bond acceptors (Lipinski definition) is 4.